The van der Waals surface area contributed by atoms with Gasteiger partial charge in [-0.05, 0) is 48.9 Å². The van der Waals surface area contributed by atoms with Gasteiger partial charge < -0.3 is 9.30 Å². The number of methoxy groups -OCH3 is 1. The molecule has 0 unspecified atom stereocenters. The third kappa shape index (κ3) is 3.25. The van der Waals surface area contributed by atoms with E-state index in [9.17, 15) is 9.59 Å². The highest BCUT2D eigenvalue weighted by atomic mass is 35.5. The first kappa shape index (κ1) is 14.3. The summed E-state index contributed by atoms with van der Waals surface area (Å²) < 4.78 is 6.82. The van der Waals surface area contributed by atoms with Gasteiger partial charge in [0.2, 0.25) is 5.24 Å². The van der Waals surface area contributed by atoms with E-state index in [0.29, 0.717) is 18.7 Å². The van der Waals surface area contributed by atoms with Crippen LogP contribution in [0.5, 0.6) is 0 Å². The SMILES string of the molecule is COCCn1c2c(cc(CC(=O)Cl)c1=O)CCCC2. The predicted octanol–water partition coefficient (Wildman–Crippen LogP) is 1.68. The molecule has 5 heteroatoms. The summed E-state index contributed by atoms with van der Waals surface area (Å²) in [5.41, 5.74) is 2.66. The smallest absolute Gasteiger partial charge is 0.254 e. The van der Waals surface area contributed by atoms with Crippen molar-refractivity contribution in [2.75, 3.05) is 13.7 Å². The molecule has 1 aliphatic carbocycles. The van der Waals surface area contributed by atoms with Gasteiger partial charge >= 0.3 is 0 Å². The lowest BCUT2D eigenvalue weighted by Crippen LogP contribution is -2.31. The van der Waals surface area contributed by atoms with E-state index in [1.807, 2.05) is 6.07 Å². The zero-order valence-electron chi connectivity index (χ0n) is 11.1. The van der Waals surface area contributed by atoms with Crippen molar-refractivity contribution in [2.45, 2.75) is 38.6 Å². The second-order valence-corrected chi connectivity index (χ2v) is 5.25. The van der Waals surface area contributed by atoms with Crippen LogP contribution in [0, 0.1) is 0 Å². The summed E-state index contributed by atoms with van der Waals surface area (Å²) in [6.07, 6.45) is 4.12. The van der Waals surface area contributed by atoms with Gasteiger partial charge in [-0.1, -0.05) is 0 Å². The number of carbonyl (C=O) groups is 1. The first-order valence-corrected chi connectivity index (χ1v) is 6.93. The Kier molecular flexibility index (Phi) is 4.77. The van der Waals surface area contributed by atoms with Crippen molar-refractivity contribution in [1.29, 1.82) is 0 Å². The molecular weight excluding hydrogens is 266 g/mol. The molecule has 0 saturated heterocycles. The Balaban J connectivity index is 2.47. The Hall–Kier alpha value is -1.13. The Morgan fingerprint density at radius 1 is 1.42 bits per heavy atom. The van der Waals surface area contributed by atoms with Gasteiger partial charge in [0, 0.05) is 24.9 Å². The summed E-state index contributed by atoms with van der Waals surface area (Å²) in [6.45, 7) is 1.02. The Bertz CT molecular complexity index is 536. The first-order chi connectivity index (χ1) is 9.13. The number of aryl methyl sites for hydroxylation is 1. The zero-order valence-corrected chi connectivity index (χ0v) is 11.8. The molecule has 0 N–H and O–H groups in total. The third-order valence-corrected chi connectivity index (χ3v) is 3.66. The van der Waals surface area contributed by atoms with Crippen molar-refractivity contribution in [1.82, 2.24) is 4.57 Å². The standard InChI is InChI=1S/C14H18ClNO3/c1-19-7-6-16-12-5-3-2-4-10(12)8-11(14(16)18)9-13(15)17/h8H,2-7,9H2,1H3. The van der Waals surface area contributed by atoms with Gasteiger partial charge in [-0.15, -0.1) is 0 Å². The number of hydrogen-bond acceptors (Lipinski definition) is 3. The zero-order chi connectivity index (χ0) is 13.8. The molecule has 1 heterocycles. The average molecular weight is 284 g/mol. The second kappa shape index (κ2) is 6.35. The van der Waals surface area contributed by atoms with E-state index in [0.717, 1.165) is 31.4 Å². The summed E-state index contributed by atoms with van der Waals surface area (Å²) in [5.74, 6) is 0. The van der Waals surface area contributed by atoms with E-state index < -0.39 is 5.24 Å². The fourth-order valence-electron chi connectivity index (χ4n) is 2.64. The van der Waals surface area contributed by atoms with Crippen molar-refractivity contribution < 1.29 is 9.53 Å². The molecule has 2 rings (SSSR count). The first-order valence-electron chi connectivity index (χ1n) is 6.55. The monoisotopic (exact) mass is 283 g/mol. The maximum absolute atomic E-state index is 12.4. The highest BCUT2D eigenvalue weighted by Crippen LogP contribution is 2.21. The summed E-state index contributed by atoms with van der Waals surface area (Å²) in [6, 6.07) is 1.86. The fraction of sp³-hybridized carbons (Fsp3) is 0.571. The number of nitrogens with zero attached hydrogens (tertiary/aromatic N) is 1. The van der Waals surface area contributed by atoms with Crippen LogP contribution >= 0.6 is 11.6 Å². The normalized spacial score (nSPS) is 14.2. The van der Waals surface area contributed by atoms with E-state index in [4.69, 9.17) is 16.3 Å². The van der Waals surface area contributed by atoms with Gasteiger partial charge in [0.15, 0.2) is 0 Å². The molecule has 1 aliphatic rings. The van der Waals surface area contributed by atoms with E-state index in [1.165, 1.54) is 5.56 Å². The molecule has 19 heavy (non-hydrogen) atoms. The van der Waals surface area contributed by atoms with Gasteiger partial charge in [-0.2, -0.15) is 0 Å². The number of ether oxygens (including phenoxy) is 1. The molecule has 4 nitrogen and oxygen atoms in total. The van der Waals surface area contributed by atoms with Crippen LogP contribution < -0.4 is 5.56 Å². The topological polar surface area (TPSA) is 48.3 Å². The number of pyridine rings is 1. The maximum atomic E-state index is 12.4. The molecule has 1 aromatic heterocycles. The molecule has 104 valence electrons. The van der Waals surface area contributed by atoms with Crippen LogP contribution in [0.4, 0.5) is 0 Å². The summed E-state index contributed by atoms with van der Waals surface area (Å²) in [4.78, 5) is 23.4. The molecule has 0 atom stereocenters. The third-order valence-electron chi connectivity index (χ3n) is 3.52. The van der Waals surface area contributed by atoms with Crippen LogP contribution in [-0.2, 0) is 35.3 Å². The minimum atomic E-state index is -0.494. The fourth-order valence-corrected chi connectivity index (χ4v) is 2.78. The molecule has 1 aromatic rings. The number of fused-ring (bicyclic) bond motifs is 1. The van der Waals surface area contributed by atoms with Crippen LogP contribution in [0.2, 0.25) is 0 Å². The van der Waals surface area contributed by atoms with Gasteiger partial charge in [0.1, 0.15) is 0 Å². The van der Waals surface area contributed by atoms with Crippen LogP contribution in [0.25, 0.3) is 0 Å². The van der Waals surface area contributed by atoms with Crippen molar-refractivity contribution in [2.24, 2.45) is 0 Å². The highest BCUT2D eigenvalue weighted by Gasteiger charge is 2.18. The molecule has 0 bridgehead atoms. The van der Waals surface area contributed by atoms with Crippen molar-refractivity contribution in [3.05, 3.63) is 33.2 Å². The average Bonchev–Trinajstić information content (AvgIpc) is 2.38. The van der Waals surface area contributed by atoms with Crippen molar-refractivity contribution in [3.63, 3.8) is 0 Å². The molecular formula is C14H18ClNO3. The minimum absolute atomic E-state index is 0.000646. The summed E-state index contributed by atoms with van der Waals surface area (Å²) >= 11 is 5.41. The van der Waals surface area contributed by atoms with E-state index in [-0.39, 0.29) is 12.0 Å². The Labute approximate surface area is 117 Å². The summed E-state index contributed by atoms with van der Waals surface area (Å²) in [5, 5.41) is -0.494. The molecule has 0 amide bonds. The van der Waals surface area contributed by atoms with Gasteiger partial charge in [0.05, 0.1) is 13.0 Å². The summed E-state index contributed by atoms with van der Waals surface area (Å²) in [7, 11) is 1.61. The molecule has 0 saturated carbocycles. The number of aromatic nitrogens is 1. The second-order valence-electron chi connectivity index (χ2n) is 4.83. The van der Waals surface area contributed by atoms with Crippen LogP contribution in [0.15, 0.2) is 10.9 Å². The number of rotatable bonds is 5. The van der Waals surface area contributed by atoms with Gasteiger partial charge in [-0.25, -0.2) is 0 Å². The molecule has 0 radical (unpaired) electrons. The predicted molar refractivity (Wildman–Crippen MR) is 73.8 cm³/mol. The molecule has 0 aromatic carbocycles. The molecule has 0 aliphatic heterocycles. The number of carbonyl (C=O) groups excluding carboxylic acids is 1. The molecule has 0 spiro atoms. The minimum Gasteiger partial charge on any atom is -0.383 e. The number of hydrogen-bond donors (Lipinski definition) is 0. The van der Waals surface area contributed by atoms with Crippen molar-refractivity contribution >= 4 is 16.8 Å². The Morgan fingerprint density at radius 2 is 2.16 bits per heavy atom. The van der Waals surface area contributed by atoms with Gasteiger partial charge in [-0.3, -0.25) is 9.59 Å². The largest absolute Gasteiger partial charge is 0.383 e. The lowest BCUT2D eigenvalue weighted by molar-refractivity contribution is -0.111. The lowest BCUT2D eigenvalue weighted by Gasteiger charge is -2.22. The van der Waals surface area contributed by atoms with Gasteiger partial charge in [0.25, 0.3) is 5.56 Å². The van der Waals surface area contributed by atoms with E-state index in [2.05, 4.69) is 0 Å². The Morgan fingerprint density at radius 3 is 2.84 bits per heavy atom. The van der Waals surface area contributed by atoms with Crippen LogP contribution in [0.1, 0.15) is 29.7 Å². The molecule has 0 fully saturated rings. The highest BCUT2D eigenvalue weighted by molar-refractivity contribution is 6.63. The van der Waals surface area contributed by atoms with E-state index >= 15 is 0 Å². The van der Waals surface area contributed by atoms with Crippen LogP contribution in [0.3, 0.4) is 0 Å². The quantitative estimate of drug-likeness (QED) is 0.773. The number of halogens is 1. The van der Waals surface area contributed by atoms with Crippen molar-refractivity contribution in [3.8, 4) is 0 Å². The van der Waals surface area contributed by atoms with E-state index in [1.54, 1.807) is 11.7 Å². The lowest BCUT2D eigenvalue weighted by atomic mass is 9.94. The maximum Gasteiger partial charge on any atom is 0.254 e. The van der Waals surface area contributed by atoms with Crippen LogP contribution in [-0.4, -0.2) is 23.5 Å².